The monoisotopic (exact) mass is 208 g/mol. The van der Waals surface area contributed by atoms with Crippen molar-refractivity contribution in [3.8, 4) is 0 Å². The zero-order valence-electron chi connectivity index (χ0n) is 8.73. The van der Waals surface area contributed by atoms with Crippen molar-refractivity contribution in [2.45, 2.75) is 12.5 Å². The molecule has 0 saturated heterocycles. The number of aliphatic hydroxyl groups excluding tert-OH is 1. The Bertz CT molecular complexity index is 301. The van der Waals surface area contributed by atoms with Crippen LogP contribution in [0.3, 0.4) is 0 Å². The fraction of sp³-hybridized carbons (Fsp3) is 0.364. The molecule has 0 aliphatic carbocycles. The quantitative estimate of drug-likeness (QED) is 0.675. The third-order valence-corrected chi connectivity index (χ3v) is 2.11. The van der Waals surface area contributed by atoms with E-state index in [0.29, 0.717) is 6.42 Å². The molecule has 0 bridgehead atoms. The SMILES string of the molecule is CNC(=O)NC(CO)Cc1ccccc1. The summed E-state index contributed by atoms with van der Waals surface area (Å²) in [5.41, 5.74) is 1.09. The van der Waals surface area contributed by atoms with Gasteiger partial charge in [-0.25, -0.2) is 4.79 Å². The third-order valence-electron chi connectivity index (χ3n) is 2.11. The van der Waals surface area contributed by atoms with Crippen molar-refractivity contribution in [2.75, 3.05) is 13.7 Å². The predicted molar refractivity (Wildman–Crippen MR) is 58.6 cm³/mol. The fourth-order valence-corrected chi connectivity index (χ4v) is 1.32. The molecule has 0 aliphatic heterocycles. The molecule has 2 amide bonds. The summed E-state index contributed by atoms with van der Waals surface area (Å²) in [6.45, 7) is -0.0671. The molecule has 1 unspecified atom stereocenters. The highest BCUT2D eigenvalue weighted by Gasteiger charge is 2.10. The fourth-order valence-electron chi connectivity index (χ4n) is 1.32. The lowest BCUT2D eigenvalue weighted by Crippen LogP contribution is -2.43. The van der Waals surface area contributed by atoms with Gasteiger partial charge < -0.3 is 15.7 Å². The number of urea groups is 1. The zero-order valence-corrected chi connectivity index (χ0v) is 8.73. The molecule has 0 radical (unpaired) electrons. The van der Waals surface area contributed by atoms with E-state index >= 15 is 0 Å². The summed E-state index contributed by atoms with van der Waals surface area (Å²) in [6.07, 6.45) is 0.630. The Kier molecular flexibility index (Phi) is 4.63. The van der Waals surface area contributed by atoms with Gasteiger partial charge in [-0.2, -0.15) is 0 Å². The summed E-state index contributed by atoms with van der Waals surface area (Å²) in [5, 5.41) is 14.2. The number of nitrogens with one attached hydrogen (secondary N) is 2. The Hall–Kier alpha value is -1.55. The second-order valence-corrected chi connectivity index (χ2v) is 3.29. The average molecular weight is 208 g/mol. The van der Waals surface area contributed by atoms with Gasteiger partial charge in [0.15, 0.2) is 0 Å². The van der Waals surface area contributed by atoms with Gasteiger partial charge in [0.05, 0.1) is 12.6 Å². The van der Waals surface area contributed by atoms with Gasteiger partial charge in [-0.15, -0.1) is 0 Å². The van der Waals surface area contributed by atoms with Crippen molar-refractivity contribution in [3.05, 3.63) is 35.9 Å². The molecule has 0 aliphatic rings. The van der Waals surface area contributed by atoms with Gasteiger partial charge in [-0.1, -0.05) is 30.3 Å². The lowest BCUT2D eigenvalue weighted by atomic mass is 10.1. The van der Waals surface area contributed by atoms with E-state index < -0.39 is 0 Å². The van der Waals surface area contributed by atoms with Gasteiger partial charge >= 0.3 is 6.03 Å². The topological polar surface area (TPSA) is 61.4 Å². The van der Waals surface area contributed by atoms with Crippen LogP contribution in [0.15, 0.2) is 30.3 Å². The summed E-state index contributed by atoms with van der Waals surface area (Å²) in [6, 6.07) is 9.22. The van der Waals surface area contributed by atoms with E-state index in [0.717, 1.165) is 5.56 Å². The first-order chi connectivity index (χ1) is 7.26. The van der Waals surface area contributed by atoms with Gasteiger partial charge in [-0.05, 0) is 12.0 Å². The van der Waals surface area contributed by atoms with E-state index in [1.165, 1.54) is 0 Å². The number of hydrogen-bond donors (Lipinski definition) is 3. The zero-order chi connectivity index (χ0) is 11.1. The molecule has 3 N–H and O–H groups in total. The maximum atomic E-state index is 11.0. The van der Waals surface area contributed by atoms with Crippen LogP contribution in [0.5, 0.6) is 0 Å². The Morgan fingerprint density at radius 3 is 2.60 bits per heavy atom. The molecule has 82 valence electrons. The van der Waals surface area contributed by atoms with Crippen molar-refractivity contribution in [3.63, 3.8) is 0 Å². The first-order valence-corrected chi connectivity index (χ1v) is 4.89. The lowest BCUT2D eigenvalue weighted by Gasteiger charge is -2.15. The average Bonchev–Trinajstić information content (AvgIpc) is 2.29. The first-order valence-electron chi connectivity index (χ1n) is 4.89. The van der Waals surface area contributed by atoms with E-state index in [4.69, 9.17) is 5.11 Å². The molecule has 1 aromatic carbocycles. The minimum Gasteiger partial charge on any atom is -0.394 e. The van der Waals surface area contributed by atoms with Crippen LogP contribution in [-0.4, -0.2) is 30.8 Å². The summed E-state index contributed by atoms with van der Waals surface area (Å²) in [7, 11) is 1.55. The number of carbonyl (C=O) groups excluding carboxylic acids is 1. The van der Waals surface area contributed by atoms with Gasteiger partial charge in [0.1, 0.15) is 0 Å². The Balaban J connectivity index is 2.50. The number of benzene rings is 1. The first kappa shape index (κ1) is 11.5. The molecule has 0 spiro atoms. The van der Waals surface area contributed by atoms with E-state index in [1.54, 1.807) is 7.05 Å². The maximum absolute atomic E-state index is 11.0. The lowest BCUT2D eigenvalue weighted by molar-refractivity contribution is 0.217. The number of aliphatic hydroxyl groups is 1. The molecule has 15 heavy (non-hydrogen) atoms. The van der Waals surface area contributed by atoms with Crippen LogP contribution < -0.4 is 10.6 Å². The molecule has 1 rings (SSSR count). The number of hydrogen-bond acceptors (Lipinski definition) is 2. The Labute approximate surface area is 89.3 Å². The van der Waals surface area contributed by atoms with E-state index in [2.05, 4.69) is 10.6 Å². The summed E-state index contributed by atoms with van der Waals surface area (Å²) in [5.74, 6) is 0. The summed E-state index contributed by atoms with van der Waals surface area (Å²) in [4.78, 5) is 11.0. The smallest absolute Gasteiger partial charge is 0.314 e. The number of amides is 2. The molecule has 0 aromatic heterocycles. The standard InChI is InChI=1S/C11H16N2O2/c1-12-11(15)13-10(8-14)7-9-5-3-2-4-6-9/h2-6,10,14H,7-8H2,1H3,(H2,12,13,15). The van der Waals surface area contributed by atoms with Crippen molar-refractivity contribution in [1.29, 1.82) is 0 Å². The molecule has 4 heteroatoms. The van der Waals surface area contributed by atoms with Gasteiger partial charge in [0.2, 0.25) is 0 Å². The minimum absolute atomic E-state index is 0.0671. The van der Waals surface area contributed by atoms with Crippen molar-refractivity contribution < 1.29 is 9.90 Å². The highest BCUT2D eigenvalue weighted by molar-refractivity contribution is 5.73. The van der Waals surface area contributed by atoms with Gasteiger partial charge in [0.25, 0.3) is 0 Å². The van der Waals surface area contributed by atoms with Crippen LogP contribution in [0.2, 0.25) is 0 Å². The molecule has 0 saturated carbocycles. The second kappa shape index (κ2) is 6.03. The number of rotatable bonds is 4. The van der Waals surface area contributed by atoms with Crippen molar-refractivity contribution in [2.24, 2.45) is 0 Å². The van der Waals surface area contributed by atoms with Crippen molar-refractivity contribution >= 4 is 6.03 Å². The van der Waals surface area contributed by atoms with Crippen LogP contribution in [0.25, 0.3) is 0 Å². The molecule has 0 fully saturated rings. The van der Waals surface area contributed by atoms with Crippen LogP contribution >= 0.6 is 0 Å². The highest BCUT2D eigenvalue weighted by Crippen LogP contribution is 2.02. The summed E-state index contributed by atoms with van der Waals surface area (Å²) < 4.78 is 0. The normalized spacial score (nSPS) is 11.9. The predicted octanol–water partition coefficient (Wildman–Crippen LogP) is 0.519. The van der Waals surface area contributed by atoms with E-state index in [1.807, 2.05) is 30.3 Å². The maximum Gasteiger partial charge on any atom is 0.314 e. The van der Waals surface area contributed by atoms with Crippen LogP contribution in [0.4, 0.5) is 4.79 Å². The third kappa shape index (κ3) is 3.99. The van der Waals surface area contributed by atoms with Crippen LogP contribution in [0.1, 0.15) is 5.56 Å². The van der Waals surface area contributed by atoms with Crippen LogP contribution in [0, 0.1) is 0 Å². The molecule has 1 aromatic rings. The largest absolute Gasteiger partial charge is 0.394 e. The highest BCUT2D eigenvalue weighted by atomic mass is 16.3. The Morgan fingerprint density at radius 1 is 1.40 bits per heavy atom. The summed E-state index contributed by atoms with van der Waals surface area (Å²) >= 11 is 0. The van der Waals surface area contributed by atoms with Gasteiger partial charge in [-0.3, -0.25) is 0 Å². The second-order valence-electron chi connectivity index (χ2n) is 3.29. The molecular formula is C11H16N2O2. The minimum atomic E-state index is -0.273. The Morgan fingerprint density at radius 2 is 2.07 bits per heavy atom. The molecule has 1 atom stereocenters. The van der Waals surface area contributed by atoms with Gasteiger partial charge in [0, 0.05) is 7.05 Å². The number of carbonyl (C=O) groups is 1. The molecule has 4 nitrogen and oxygen atoms in total. The van der Waals surface area contributed by atoms with E-state index in [9.17, 15) is 4.79 Å². The molecular weight excluding hydrogens is 192 g/mol. The van der Waals surface area contributed by atoms with Crippen molar-refractivity contribution in [1.82, 2.24) is 10.6 Å². The van der Waals surface area contributed by atoms with Crippen LogP contribution in [-0.2, 0) is 6.42 Å². The molecule has 0 heterocycles. The van der Waals surface area contributed by atoms with E-state index in [-0.39, 0.29) is 18.7 Å².